The molecule has 0 aliphatic carbocycles. The molecule has 1 aromatic carbocycles. The standard InChI is InChI=1S/C19H19ClF3N3O/c1-2-13-3-5-14(6-4-13)18(27)26-9-7-25(8-10-26)17-16(20)11-15(12-24-17)19(21,22)23/h3-6,11-12H,2,7-10H2,1H3. The van der Waals surface area contributed by atoms with Crippen LogP contribution in [0.5, 0.6) is 0 Å². The highest BCUT2D eigenvalue weighted by atomic mass is 35.5. The number of carbonyl (C=O) groups is 1. The lowest BCUT2D eigenvalue weighted by Crippen LogP contribution is -2.49. The van der Waals surface area contributed by atoms with Gasteiger partial charge in [0.25, 0.3) is 5.91 Å². The van der Waals surface area contributed by atoms with Gasteiger partial charge in [-0.15, -0.1) is 0 Å². The Bertz CT molecular complexity index is 816. The average Bonchev–Trinajstić information content (AvgIpc) is 2.67. The molecule has 3 rings (SSSR count). The molecular weight excluding hydrogens is 379 g/mol. The Morgan fingerprint density at radius 1 is 1.15 bits per heavy atom. The van der Waals surface area contributed by atoms with E-state index in [2.05, 4.69) is 11.9 Å². The molecule has 8 heteroatoms. The quantitative estimate of drug-likeness (QED) is 0.775. The van der Waals surface area contributed by atoms with Crippen molar-refractivity contribution in [1.82, 2.24) is 9.88 Å². The molecule has 1 amide bonds. The van der Waals surface area contributed by atoms with Gasteiger partial charge in [-0.25, -0.2) is 4.98 Å². The molecule has 0 bridgehead atoms. The molecule has 4 nitrogen and oxygen atoms in total. The maximum Gasteiger partial charge on any atom is 0.417 e. The van der Waals surface area contributed by atoms with Gasteiger partial charge in [-0.05, 0) is 30.2 Å². The minimum atomic E-state index is -4.48. The van der Waals surface area contributed by atoms with E-state index >= 15 is 0 Å². The Morgan fingerprint density at radius 3 is 2.30 bits per heavy atom. The number of carbonyl (C=O) groups excluding carboxylic acids is 1. The summed E-state index contributed by atoms with van der Waals surface area (Å²) in [7, 11) is 0. The molecule has 0 unspecified atom stereocenters. The number of alkyl halides is 3. The van der Waals surface area contributed by atoms with Crippen molar-refractivity contribution in [2.45, 2.75) is 19.5 Å². The third kappa shape index (κ3) is 4.35. The summed E-state index contributed by atoms with van der Waals surface area (Å²) in [6.45, 7) is 3.87. The van der Waals surface area contributed by atoms with E-state index < -0.39 is 11.7 Å². The minimum Gasteiger partial charge on any atom is -0.352 e. The Labute approximate surface area is 160 Å². The number of aromatic nitrogens is 1. The Balaban J connectivity index is 1.65. The van der Waals surface area contributed by atoms with E-state index in [0.717, 1.165) is 18.7 Å². The SMILES string of the molecule is CCc1ccc(C(=O)N2CCN(c3ncc(C(F)(F)F)cc3Cl)CC2)cc1. The number of pyridine rings is 1. The fourth-order valence-corrected chi connectivity index (χ4v) is 3.29. The molecule has 0 N–H and O–H groups in total. The van der Waals surface area contributed by atoms with E-state index in [1.165, 1.54) is 5.56 Å². The molecule has 1 aliphatic rings. The summed E-state index contributed by atoms with van der Waals surface area (Å²) in [6.07, 6.45) is -2.78. The van der Waals surface area contributed by atoms with Crippen molar-refractivity contribution in [3.05, 3.63) is 58.2 Å². The van der Waals surface area contributed by atoms with Crippen molar-refractivity contribution in [3.8, 4) is 0 Å². The number of aryl methyl sites for hydroxylation is 1. The Morgan fingerprint density at radius 2 is 1.78 bits per heavy atom. The minimum absolute atomic E-state index is 0.0419. The van der Waals surface area contributed by atoms with Crippen LogP contribution < -0.4 is 4.90 Å². The molecule has 27 heavy (non-hydrogen) atoms. The highest BCUT2D eigenvalue weighted by Crippen LogP contribution is 2.33. The van der Waals surface area contributed by atoms with Gasteiger partial charge in [0.2, 0.25) is 0 Å². The van der Waals surface area contributed by atoms with E-state index in [9.17, 15) is 18.0 Å². The first-order chi connectivity index (χ1) is 12.8. The maximum atomic E-state index is 12.7. The molecule has 0 radical (unpaired) electrons. The predicted molar refractivity (Wildman–Crippen MR) is 98.2 cm³/mol. The van der Waals surface area contributed by atoms with E-state index in [0.29, 0.717) is 37.6 Å². The van der Waals surface area contributed by atoms with Gasteiger partial charge in [-0.2, -0.15) is 13.2 Å². The molecule has 144 valence electrons. The second kappa shape index (κ2) is 7.76. The second-order valence-corrected chi connectivity index (χ2v) is 6.76. The molecule has 1 aromatic heterocycles. The summed E-state index contributed by atoms with van der Waals surface area (Å²) in [6, 6.07) is 8.41. The lowest BCUT2D eigenvalue weighted by molar-refractivity contribution is -0.137. The number of rotatable bonds is 3. The van der Waals surface area contributed by atoms with Gasteiger partial charge in [0.05, 0.1) is 10.6 Å². The van der Waals surface area contributed by atoms with Gasteiger partial charge in [-0.3, -0.25) is 4.79 Å². The van der Waals surface area contributed by atoms with Gasteiger partial charge in [-0.1, -0.05) is 30.7 Å². The van der Waals surface area contributed by atoms with E-state index in [4.69, 9.17) is 11.6 Å². The molecule has 0 atom stereocenters. The van der Waals surface area contributed by atoms with Crippen LogP contribution in [0.4, 0.5) is 19.0 Å². The zero-order valence-corrected chi connectivity index (χ0v) is 15.5. The number of halogens is 4. The zero-order valence-electron chi connectivity index (χ0n) is 14.8. The van der Waals surface area contributed by atoms with Crippen LogP contribution in [0.25, 0.3) is 0 Å². The van der Waals surface area contributed by atoms with E-state index in [1.807, 2.05) is 24.3 Å². The molecule has 1 fully saturated rings. The van der Waals surface area contributed by atoms with Crippen molar-refractivity contribution in [1.29, 1.82) is 0 Å². The van der Waals surface area contributed by atoms with Gasteiger partial charge in [0.1, 0.15) is 5.82 Å². The van der Waals surface area contributed by atoms with E-state index in [1.54, 1.807) is 9.80 Å². The number of hydrogen-bond acceptors (Lipinski definition) is 3. The van der Waals surface area contributed by atoms with Gasteiger partial charge in [0, 0.05) is 37.9 Å². The molecule has 0 spiro atoms. The monoisotopic (exact) mass is 397 g/mol. The molecular formula is C19H19ClF3N3O. The van der Waals surface area contributed by atoms with Crippen LogP contribution in [0.1, 0.15) is 28.4 Å². The lowest BCUT2D eigenvalue weighted by atomic mass is 10.1. The molecule has 0 saturated carbocycles. The Kier molecular flexibility index (Phi) is 5.60. The summed E-state index contributed by atoms with van der Waals surface area (Å²) in [5, 5.41) is -0.0419. The average molecular weight is 398 g/mol. The zero-order chi connectivity index (χ0) is 19.6. The van der Waals surface area contributed by atoms with Crippen LogP contribution in [0, 0.1) is 0 Å². The van der Waals surface area contributed by atoms with Crippen molar-refractivity contribution >= 4 is 23.3 Å². The van der Waals surface area contributed by atoms with Gasteiger partial charge < -0.3 is 9.80 Å². The van der Waals surface area contributed by atoms with Crippen molar-refractivity contribution in [3.63, 3.8) is 0 Å². The lowest BCUT2D eigenvalue weighted by Gasteiger charge is -2.35. The van der Waals surface area contributed by atoms with Crippen molar-refractivity contribution in [2.24, 2.45) is 0 Å². The summed E-state index contributed by atoms with van der Waals surface area (Å²) >= 11 is 6.01. The van der Waals surface area contributed by atoms with Crippen molar-refractivity contribution in [2.75, 3.05) is 31.1 Å². The van der Waals surface area contributed by atoms with E-state index in [-0.39, 0.29) is 10.9 Å². The summed E-state index contributed by atoms with van der Waals surface area (Å²) in [5.74, 6) is 0.257. The maximum absolute atomic E-state index is 12.7. The van der Waals surface area contributed by atoms with Gasteiger partial charge >= 0.3 is 6.18 Å². The van der Waals surface area contributed by atoms with Crippen molar-refractivity contribution < 1.29 is 18.0 Å². The molecule has 2 aromatic rings. The normalized spacial score (nSPS) is 15.1. The highest BCUT2D eigenvalue weighted by Gasteiger charge is 2.32. The summed E-state index contributed by atoms with van der Waals surface area (Å²) in [4.78, 5) is 20.0. The van der Waals surface area contributed by atoms with Crippen LogP contribution in [0.3, 0.4) is 0 Å². The molecule has 1 saturated heterocycles. The third-order valence-electron chi connectivity index (χ3n) is 4.62. The van der Waals surface area contributed by atoms with Crippen LogP contribution in [0.15, 0.2) is 36.5 Å². The van der Waals surface area contributed by atoms with Crippen LogP contribution in [-0.4, -0.2) is 42.0 Å². The first-order valence-corrected chi connectivity index (χ1v) is 9.03. The molecule has 1 aliphatic heterocycles. The number of amides is 1. The van der Waals surface area contributed by atoms with Crippen LogP contribution in [-0.2, 0) is 12.6 Å². The summed E-state index contributed by atoms with van der Waals surface area (Å²) in [5.41, 5.74) is 0.923. The first kappa shape index (κ1) is 19.5. The largest absolute Gasteiger partial charge is 0.417 e. The third-order valence-corrected chi connectivity index (χ3v) is 4.90. The molecule has 2 heterocycles. The number of nitrogens with zero attached hydrogens (tertiary/aromatic N) is 3. The first-order valence-electron chi connectivity index (χ1n) is 8.65. The van der Waals surface area contributed by atoms with Crippen LogP contribution in [0.2, 0.25) is 5.02 Å². The topological polar surface area (TPSA) is 36.4 Å². The number of benzene rings is 1. The highest BCUT2D eigenvalue weighted by molar-refractivity contribution is 6.33. The number of hydrogen-bond donors (Lipinski definition) is 0. The fraction of sp³-hybridized carbons (Fsp3) is 0.368. The predicted octanol–water partition coefficient (Wildman–Crippen LogP) is 4.28. The fourth-order valence-electron chi connectivity index (χ4n) is 3.01. The summed E-state index contributed by atoms with van der Waals surface area (Å²) < 4.78 is 38.2. The smallest absolute Gasteiger partial charge is 0.352 e. The van der Waals surface area contributed by atoms with Crippen LogP contribution >= 0.6 is 11.6 Å². The second-order valence-electron chi connectivity index (χ2n) is 6.36. The number of piperazine rings is 1. The Hall–Kier alpha value is -2.28. The van der Waals surface area contributed by atoms with Gasteiger partial charge in [0.15, 0.2) is 0 Å². The number of anilines is 1.